The van der Waals surface area contributed by atoms with E-state index in [4.69, 9.17) is 0 Å². The van der Waals surface area contributed by atoms with Gasteiger partial charge in [0.05, 0.1) is 10.8 Å². The van der Waals surface area contributed by atoms with E-state index in [1.807, 2.05) is 43.3 Å². The fraction of sp³-hybridized carbons (Fsp3) is 0.409. The van der Waals surface area contributed by atoms with Crippen molar-refractivity contribution in [3.05, 3.63) is 65.2 Å². The molecular formula is C22H30N2O3S. The number of hydrogen-bond acceptors (Lipinski definition) is 3. The molecule has 0 aliphatic rings. The van der Waals surface area contributed by atoms with Crippen LogP contribution in [0.1, 0.15) is 42.9 Å². The normalized spacial score (nSPS) is 13.7. The summed E-state index contributed by atoms with van der Waals surface area (Å²) >= 11 is 0. The van der Waals surface area contributed by atoms with Crippen LogP contribution < -0.4 is 10.0 Å². The van der Waals surface area contributed by atoms with Gasteiger partial charge >= 0.3 is 0 Å². The second-order valence-electron chi connectivity index (χ2n) is 7.23. The number of hydrogen-bond donors (Lipinski definition) is 2. The van der Waals surface area contributed by atoms with Crippen molar-refractivity contribution in [1.29, 1.82) is 0 Å². The van der Waals surface area contributed by atoms with Crippen molar-refractivity contribution in [2.24, 2.45) is 5.92 Å². The van der Waals surface area contributed by atoms with Crippen LogP contribution in [0.25, 0.3) is 0 Å². The number of rotatable bonds is 9. The molecule has 0 aliphatic carbocycles. The second-order valence-corrected chi connectivity index (χ2v) is 8.97. The zero-order chi connectivity index (χ0) is 20.7. The molecule has 2 atom stereocenters. The third-order valence-corrected chi connectivity index (χ3v) is 6.61. The third-order valence-electron chi connectivity index (χ3n) is 5.00. The van der Waals surface area contributed by atoms with E-state index in [-0.39, 0.29) is 35.7 Å². The van der Waals surface area contributed by atoms with Crippen LogP contribution in [-0.4, -0.2) is 27.4 Å². The highest BCUT2D eigenvalue weighted by Gasteiger charge is 2.25. The van der Waals surface area contributed by atoms with E-state index in [0.717, 1.165) is 17.5 Å². The molecule has 0 radical (unpaired) electrons. The Morgan fingerprint density at radius 1 is 1.04 bits per heavy atom. The molecule has 152 valence electrons. The van der Waals surface area contributed by atoms with Crippen LogP contribution in [0.15, 0.2) is 53.4 Å². The lowest BCUT2D eigenvalue weighted by Gasteiger charge is -2.23. The van der Waals surface area contributed by atoms with Crippen molar-refractivity contribution in [2.75, 3.05) is 13.1 Å². The predicted octanol–water partition coefficient (Wildman–Crippen LogP) is 3.53. The van der Waals surface area contributed by atoms with Crippen molar-refractivity contribution in [1.82, 2.24) is 10.0 Å². The highest BCUT2D eigenvalue weighted by atomic mass is 32.2. The average Bonchev–Trinajstić information content (AvgIpc) is 2.68. The van der Waals surface area contributed by atoms with Crippen LogP contribution in [-0.2, 0) is 14.8 Å². The lowest BCUT2D eigenvalue weighted by Crippen LogP contribution is -2.38. The highest BCUT2D eigenvalue weighted by Crippen LogP contribution is 2.27. The molecule has 1 amide bonds. The second kappa shape index (κ2) is 9.85. The molecule has 2 unspecified atom stereocenters. The molecule has 2 aromatic rings. The summed E-state index contributed by atoms with van der Waals surface area (Å²) in [5.41, 5.74) is 2.56. The van der Waals surface area contributed by atoms with Crippen molar-refractivity contribution in [3.63, 3.8) is 0 Å². The van der Waals surface area contributed by atoms with Gasteiger partial charge in [0.25, 0.3) is 0 Å². The van der Waals surface area contributed by atoms with Crippen LogP contribution >= 0.6 is 0 Å². The summed E-state index contributed by atoms with van der Waals surface area (Å²) in [6, 6.07) is 15.0. The molecule has 2 N–H and O–H groups in total. The first kappa shape index (κ1) is 22.1. The number of carbonyl (C=O) groups excluding carboxylic acids is 1. The van der Waals surface area contributed by atoms with Gasteiger partial charge in [0.1, 0.15) is 0 Å². The highest BCUT2D eigenvalue weighted by molar-refractivity contribution is 7.89. The van der Waals surface area contributed by atoms with Crippen LogP contribution in [0.5, 0.6) is 0 Å². The summed E-state index contributed by atoms with van der Waals surface area (Å²) in [5.74, 6) is -0.137. The molecule has 0 spiro atoms. The minimum Gasteiger partial charge on any atom is -0.354 e. The fourth-order valence-corrected chi connectivity index (χ4v) is 4.55. The molecule has 0 heterocycles. The summed E-state index contributed by atoms with van der Waals surface area (Å²) in [6.07, 6.45) is 0.881. The lowest BCUT2D eigenvalue weighted by atomic mass is 9.85. The summed E-state index contributed by atoms with van der Waals surface area (Å²) < 4.78 is 27.7. The molecule has 28 heavy (non-hydrogen) atoms. The Morgan fingerprint density at radius 3 is 2.36 bits per heavy atom. The Morgan fingerprint density at radius 2 is 1.71 bits per heavy atom. The minimum atomic E-state index is -3.61. The zero-order valence-corrected chi connectivity index (χ0v) is 17.8. The van der Waals surface area contributed by atoms with Crippen LogP contribution in [0, 0.1) is 19.8 Å². The molecule has 2 rings (SSSR count). The SMILES string of the molecule is CCC(C)C(C(=O)NCCNS(=O)(=O)c1cc(C)ccc1C)c1ccccc1. The van der Waals surface area contributed by atoms with E-state index in [0.29, 0.717) is 5.56 Å². The van der Waals surface area contributed by atoms with Crippen LogP contribution in [0.3, 0.4) is 0 Å². The molecule has 0 aliphatic heterocycles. The monoisotopic (exact) mass is 402 g/mol. The first-order valence-electron chi connectivity index (χ1n) is 9.65. The fourth-order valence-electron chi connectivity index (χ4n) is 3.19. The summed E-state index contributed by atoms with van der Waals surface area (Å²) in [6.45, 7) is 8.13. The maximum Gasteiger partial charge on any atom is 0.240 e. The molecule has 0 bridgehead atoms. The molecule has 0 saturated heterocycles. The van der Waals surface area contributed by atoms with E-state index < -0.39 is 10.0 Å². The van der Waals surface area contributed by atoms with Gasteiger partial charge in [-0.05, 0) is 42.5 Å². The maximum atomic E-state index is 12.7. The average molecular weight is 403 g/mol. The molecule has 0 saturated carbocycles. The summed E-state index contributed by atoms with van der Waals surface area (Å²) in [7, 11) is -3.61. The topological polar surface area (TPSA) is 75.3 Å². The van der Waals surface area contributed by atoms with Crippen LogP contribution in [0.2, 0.25) is 0 Å². The van der Waals surface area contributed by atoms with Gasteiger partial charge in [0, 0.05) is 13.1 Å². The quantitative estimate of drug-likeness (QED) is 0.630. The first-order valence-corrected chi connectivity index (χ1v) is 11.1. The lowest BCUT2D eigenvalue weighted by molar-refractivity contribution is -0.123. The van der Waals surface area contributed by atoms with E-state index in [2.05, 4.69) is 23.9 Å². The van der Waals surface area contributed by atoms with Gasteiger partial charge in [-0.2, -0.15) is 0 Å². The van der Waals surface area contributed by atoms with Gasteiger partial charge in [-0.1, -0.05) is 62.7 Å². The van der Waals surface area contributed by atoms with Gasteiger partial charge in [0.2, 0.25) is 15.9 Å². The number of aryl methyl sites for hydroxylation is 2. The van der Waals surface area contributed by atoms with Crippen molar-refractivity contribution < 1.29 is 13.2 Å². The Kier molecular flexibility index (Phi) is 7.78. The van der Waals surface area contributed by atoms with E-state index >= 15 is 0 Å². The molecule has 5 nitrogen and oxygen atoms in total. The Labute approximate surface area is 168 Å². The number of amides is 1. The van der Waals surface area contributed by atoms with Gasteiger partial charge in [0.15, 0.2) is 0 Å². The molecule has 0 aromatic heterocycles. The van der Waals surface area contributed by atoms with Crippen molar-refractivity contribution in [2.45, 2.75) is 44.9 Å². The zero-order valence-electron chi connectivity index (χ0n) is 17.0. The number of benzene rings is 2. The Hall–Kier alpha value is -2.18. The smallest absolute Gasteiger partial charge is 0.240 e. The van der Waals surface area contributed by atoms with Crippen molar-refractivity contribution in [3.8, 4) is 0 Å². The first-order chi connectivity index (χ1) is 13.3. The van der Waals surface area contributed by atoms with Crippen molar-refractivity contribution >= 4 is 15.9 Å². The third kappa shape index (κ3) is 5.66. The molecule has 2 aromatic carbocycles. The molecular weight excluding hydrogens is 372 g/mol. The standard InChI is InChI=1S/C22H30N2O3S/c1-5-17(3)21(19-9-7-6-8-10-19)22(25)23-13-14-24-28(26,27)20-15-16(2)11-12-18(20)4/h6-12,15,17,21,24H,5,13-14H2,1-4H3,(H,23,25). The number of nitrogens with one attached hydrogen (secondary N) is 2. The van der Waals surface area contributed by atoms with Gasteiger partial charge in [-0.25, -0.2) is 13.1 Å². The Balaban J connectivity index is 1.98. The largest absolute Gasteiger partial charge is 0.354 e. The van der Waals surface area contributed by atoms with Gasteiger partial charge in [-0.3, -0.25) is 4.79 Å². The minimum absolute atomic E-state index is 0.0773. The predicted molar refractivity (Wildman–Crippen MR) is 113 cm³/mol. The summed E-state index contributed by atoms with van der Waals surface area (Å²) in [4.78, 5) is 13.0. The maximum absolute atomic E-state index is 12.7. The van der Waals surface area contributed by atoms with Gasteiger partial charge < -0.3 is 5.32 Å². The summed E-state index contributed by atoms with van der Waals surface area (Å²) in [5, 5.41) is 2.88. The molecule has 0 fully saturated rings. The Bertz CT molecular complexity index is 895. The van der Waals surface area contributed by atoms with E-state index in [1.54, 1.807) is 19.1 Å². The van der Waals surface area contributed by atoms with E-state index in [9.17, 15) is 13.2 Å². The molecule has 6 heteroatoms. The van der Waals surface area contributed by atoms with Gasteiger partial charge in [-0.15, -0.1) is 0 Å². The number of carbonyl (C=O) groups is 1. The van der Waals surface area contributed by atoms with Crippen LogP contribution in [0.4, 0.5) is 0 Å². The van der Waals surface area contributed by atoms with E-state index in [1.165, 1.54) is 0 Å². The number of sulfonamides is 1.